The summed E-state index contributed by atoms with van der Waals surface area (Å²) in [7, 11) is 1.81. The number of rotatable bonds is 7. The van der Waals surface area contributed by atoms with Gasteiger partial charge >= 0.3 is 0 Å². The number of ether oxygens (including phenoxy) is 1. The van der Waals surface area contributed by atoms with Crippen molar-refractivity contribution in [1.82, 2.24) is 5.32 Å². The monoisotopic (exact) mass is 269 g/mol. The molecule has 2 heteroatoms. The standard InChI is InChI=1S/C17H35NO/c1-6-18-13-15-9-10-16(17(2,3)4)12-14(15)8-7-11-19-5/h14-16,18H,6-13H2,1-5H3. The molecule has 0 amide bonds. The highest BCUT2D eigenvalue weighted by Crippen LogP contribution is 2.44. The third kappa shape index (κ3) is 5.83. The van der Waals surface area contributed by atoms with Gasteiger partial charge in [-0.25, -0.2) is 0 Å². The first-order chi connectivity index (χ1) is 8.99. The zero-order valence-corrected chi connectivity index (χ0v) is 13.8. The molecule has 1 fully saturated rings. The van der Waals surface area contributed by atoms with Crippen LogP contribution in [0.1, 0.15) is 59.8 Å². The summed E-state index contributed by atoms with van der Waals surface area (Å²) < 4.78 is 5.23. The minimum Gasteiger partial charge on any atom is -0.385 e. The van der Waals surface area contributed by atoms with Crippen LogP contribution in [0, 0.1) is 23.2 Å². The molecule has 0 saturated heterocycles. The van der Waals surface area contributed by atoms with E-state index >= 15 is 0 Å². The van der Waals surface area contributed by atoms with E-state index in [0.717, 1.165) is 30.9 Å². The summed E-state index contributed by atoms with van der Waals surface area (Å²) >= 11 is 0. The Morgan fingerprint density at radius 3 is 2.47 bits per heavy atom. The van der Waals surface area contributed by atoms with Gasteiger partial charge in [0.1, 0.15) is 0 Å². The second-order valence-electron chi connectivity index (χ2n) is 7.34. The van der Waals surface area contributed by atoms with E-state index in [1.54, 1.807) is 0 Å². The van der Waals surface area contributed by atoms with Crippen LogP contribution in [0.15, 0.2) is 0 Å². The van der Waals surface area contributed by atoms with Gasteiger partial charge in [0.05, 0.1) is 0 Å². The third-order valence-corrected chi connectivity index (χ3v) is 4.94. The molecule has 1 saturated carbocycles. The maximum absolute atomic E-state index is 5.23. The van der Waals surface area contributed by atoms with Crippen molar-refractivity contribution in [3.05, 3.63) is 0 Å². The van der Waals surface area contributed by atoms with Gasteiger partial charge in [0, 0.05) is 13.7 Å². The predicted molar refractivity (Wildman–Crippen MR) is 83.4 cm³/mol. The van der Waals surface area contributed by atoms with Gasteiger partial charge < -0.3 is 10.1 Å². The molecule has 0 aromatic heterocycles. The molecule has 1 aliphatic carbocycles. The first kappa shape index (κ1) is 17.0. The number of nitrogens with one attached hydrogen (secondary N) is 1. The van der Waals surface area contributed by atoms with Gasteiger partial charge in [-0.15, -0.1) is 0 Å². The SMILES string of the molecule is CCNCC1CCC(C(C)(C)C)CC1CCCOC. The van der Waals surface area contributed by atoms with Crippen LogP contribution in [-0.4, -0.2) is 26.8 Å². The van der Waals surface area contributed by atoms with Gasteiger partial charge in [0.2, 0.25) is 0 Å². The van der Waals surface area contributed by atoms with Gasteiger partial charge in [-0.3, -0.25) is 0 Å². The van der Waals surface area contributed by atoms with Crippen LogP contribution >= 0.6 is 0 Å². The lowest BCUT2D eigenvalue weighted by molar-refractivity contribution is 0.0852. The first-order valence-corrected chi connectivity index (χ1v) is 8.18. The third-order valence-electron chi connectivity index (χ3n) is 4.94. The van der Waals surface area contributed by atoms with Crippen molar-refractivity contribution in [3.63, 3.8) is 0 Å². The summed E-state index contributed by atoms with van der Waals surface area (Å²) in [6, 6.07) is 0. The van der Waals surface area contributed by atoms with Crippen LogP contribution in [0.4, 0.5) is 0 Å². The Kier molecular flexibility index (Phi) is 7.38. The quantitative estimate of drug-likeness (QED) is 0.703. The summed E-state index contributed by atoms with van der Waals surface area (Å²) in [6.45, 7) is 12.7. The molecule has 0 aliphatic heterocycles. The number of hydrogen-bond acceptors (Lipinski definition) is 2. The second-order valence-corrected chi connectivity index (χ2v) is 7.34. The van der Waals surface area contributed by atoms with Gasteiger partial charge in [-0.1, -0.05) is 27.7 Å². The number of hydrogen-bond donors (Lipinski definition) is 1. The van der Waals surface area contributed by atoms with Crippen LogP contribution in [0.3, 0.4) is 0 Å². The molecular formula is C17H35NO. The normalized spacial score (nSPS) is 28.6. The maximum Gasteiger partial charge on any atom is 0.0462 e. The molecule has 0 spiro atoms. The molecule has 19 heavy (non-hydrogen) atoms. The van der Waals surface area contributed by atoms with Crippen LogP contribution < -0.4 is 5.32 Å². The van der Waals surface area contributed by atoms with Crippen molar-refractivity contribution in [2.45, 2.75) is 59.8 Å². The Balaban J connectivity index is 2.52. The fourth-order valence-electron chi connectivity index (χ4n) is 3.56. The minimum atomic E-state index is 0.475. The van der Waals surface area contributed by atoms with Gasteiger partial charge in [0.15, 0.2) is 0 Å². The summed E-state index contributed by atoms with van der Waals surface area (Å²) in [4.78, 5) is 0. The van der Waals surface area contributed by atoms with Crippen LogP contribution in [0.2, 0.25) is 0 Å². The van der Waals surface area contributed by atoms with E-state index in [2.05, 4.69) is 33.0 Å². The molecule has 0 heterocycles. The molecule has 1 N–H and O–H groups in total. The molecule has 3 unspecified atom stereocenters. The van der Waals surface area contributed by atoms with Crippen molar-refractivity contribution in [3.8, 4) is 0 Å². The zero-order chi connectivity index (χ0) is 14.3. The summed E-state index contributed by atoms with van der Waals surface area (Å²) in [6.07, 6.45) is 6.81. The van der Waals surface area contributed by atoms with Crippen LogP contribution in [-0.2, 0) is 4.74 Å². The van der Waals surface area contributed by atoms with Crippen molar-refractivity contribution >= 4 is 0 Å². The lowest BCUT2D eigenvalue weighted by Gasteiger charge is -2.42. The van der Waals surface area contributed by atoms with Crippen molar-refractivity contribution < 1.29 is 4.74 Å². The Morgan fingerprint density at radius 1 is 1.16 bits per heavy atom. The predicted octanol–water partition coefficient (Wildman–Crippen LogP) is 4.10. The molecule has 0 bridgehead atoms. The fraction of sp³-hybridized carbons (Fsp3) is 1.00. The highest BCUT2D eigenvalue weighted by Gasteiger charge is 2.35. The topological polar surface area (TPSA) is 21.3 Å². The van der Waals surface area contributed by atoms with E-state index < -0.39 is 0 Å². The molecular weight excluding hydrogens is 234 g/mol. The van der Waals surface area contributed by atoms with E-state index in [0.29, 0.717) is 5.41 Å². The Bertz CT molecular complexity index is 234. The van der Waals surface area contributed by atoms with E-state index in [1.165, 1.54) is 38.6 Å². The Morgan fingerprint density at radius 2 is 1.89 bits per heavy atom. The van der Waals surface area contributed by atoms with Crippen molar-refractivity contribution in [2.75, 3.05) is 26.8 Å². The average Bonchev–Trinajstić information content (AvgIpc) is 2.36. The second kappa shape index (κ2) is 8.26. The van der Waals surface area contributed by atoms with Gasteiger partial charge in [-0.05, 0) is 68.4 Å². The summed E-state index contributed by atoms with van der Waals surface area (Å²) in [5, 5.41) is 3.56. The van der Waals surface area contributed by atoms with E-state index in [1.807, 2.05) is 7.11 Å². The molecule has 0 aromatic rings. The lowest BCUT2D eigenvalue weighted by atomic mass is 9.64. The molecule has 2 nitrogen and oxygen atoms in total. The van der Waals surface area contributed by atoms with Crippen molar-refractivity contribution in [2.24, 2.45) is 23.2 Å². The van der Waals surface area contributed by atoms with E-state index in [4.69, 9.17) is 4.74 Å². The number of methoxy groups -OCH3 is 1. The van der Waals surface area contributed by atoms with Gasteiger partial charge in [0.25, 0.3) is 0 Å². The van der Waals surface area contributed by atoms with E-state index in [-0.39, 0.29) is 0 Å². The highest BCUT2D eigenvalue weighted by atomic mass is 16.5. The molecule has 114 valence electrons. The zero-order valence-electron chi connectivity index (χ0n) is 13.8. The van der Waals surface area contributed by atoms with E-state index in [9.17, 15) is 0 Å². The smallest absolute Gasteiger partial charge is 0.0462 e. The molecule has 3 atom stereocenters. The van der Waals surface area contributed by atoms with Crippen LogP contribution in [0.5, 0.6) is 0 Å². The summed E-state index contributed by atoms with van der Waals surface area (Å²) in [5.74, 6) is 2.68. The molecule has 1 rings (SSSR count). The lowest BCUT2D eigenvalue weighted by Crippen LogP contribution is -2.36. The highest BCUT2D eigenvalue weighted by molar-refractivity contribution is 4.86. The van der Waals surface area contributed by atoms with Crippen LogP contribution in [0.25, 0.3) is 0 Å². The maximum atomic E-state index is 5.23. The molecule has 1 aliphatic rings. The minimum absolute atomic E-state index is 0.475. The Labute approximate surface area is 120 Å². The molecule has 0 aromatic carbocycles. The van der Waals surface area contributed by atoms with Gasteiger partial charge in [-0.2, -0.15) is 0 Å². The summed E-state index contributed by atoms with van der Waals surface area (Å²) in [5.41, 5.74) is 0.475. The largest absolute Gasteiger partial charge is 0.385 e. The fourth-order valence-corrected chi connectivity index (χ4v) is 3.56. The van der Waals surface area contributed by atoms with Crippen molar-refractivity contribution in [1.29, 1.82) is 0 Å². The first-order valence-electron chi connectivity index (χ1n) is 8.18. The molecule has 0 radical (unpaired) electrons. The average molecular weight is 269 g/mol. The Hall–Kier alpha value is -0.0800.